The number of nitrogens with two attached hydrogens (primary N) is 1. The van der Waals surface area contributed by atoms with E-state index < -0.39 is 5.82 Å². The van der Waals surface area contributed by atoms with Crippen LogP contribution >= 0.6 is 11.6 Å². The van der Waals surface area contributed by atoms with Gasteiger partial charge in [-0.3, -0.25) is 4.79 Å². The molecule has 0 saturated carbocycles. The van der Waals surface area contributed by atoms with Crippen molar-refractivity contribution in [3.63, 3.8) is 0 Å². The summed E-state index contributed by atoms with van der Waals surface area (Å²) < 4.78 is 19.0. The molecule has 0 amide bonds. The van der Waals surface area contributed by atoms with Crippen LogP contribution in [-0.4, -0.2) is 10.1 Å². The van der Waals surface area contributed by atoms with Crippen LogP contribution < -0.4 is 11.3 Å². The highest BCUT2D eigenvalue weighted by molar-refractivity contribution is 6.33. The molecule has 0 spiro atoms. The van der Waals surface area contributed by atoms with Crippen molar-refractivity contribution in [2.24, 2.45) is 0 Å². The summed E-state index contributed by atoms with van der Waals surface area (Å²) in [5.74, 6) is -0.640. The average molecular weight is 306 g/mol. The summed E-state index contributed by atoms with van der Waals surface area (Å²) >= 11 is 6.05. The van der Waals surface area contributed by atoms with Crippen LogP contribution in [0.3, 0.4) is 0 Å². The Bertz CT molecular complexity index is 852. The first-order chi connectivity index (χ1) is 10.1. The standard InChI is InChI=1S/C14H9ClFN3O2/c15-7-3-1-4-8(16)11(7)12-13(19-21-14(12)17)9-5-2-6-10(20)18-9/h1-6H,17H2,(H,18,20). The number of pyridine rings is 1. The fraction of sp³-hybridized carbons (Fsp3) is 0. The predicted octanol–water partition coefficient (Wildman–Crippen LogP) is 3.07. The number of H-pyrrole nitrogens is 1. The first kappa shape index (κ1) is 13.4. The molecule has 3 rings (SSSR count). The first-order valence-corrected chi connectivity index (χ1v) is 6.35. The Morgan fingerprint density at radius 1 is 1.19 bits per heavy atom. The minimum absolute atomic E-state index is 0.0811. The molecular weight excluding hydrogens is 297 g/mol. The van der Waals surface area contributed by atoms with Crippen molar-refractivity contribution < 1.29 is 8.91 Å². The highest BCUT2D eigenvalue weighted by atomic mass is 35.5. The zero-order valence-electron chi connectivity index (χ0n) is 10.6. The number of nitrogens with one attached hydrogen (secondary N) is 1. The minimum Gasteiger partial charge on any atom is -0.367 e. The van der Waals surface area contributed by atoms with Crippen molar-refractivity contribution in [1.29, 1.82) is 0 Å². The smallest absolute Gasteiger partial charge is 0.248 e. The highest BCUT2D eigenvalue weighted by Crippen LogP contribution is 2.40. The van der Waals surface area contributed by atoms with Gasteiger partial charge < -0.3 is 15.2 Å². The van der Waals surface area contributed by atoms with E-state index in [0.717, 1.165) is 0 Å². The van der Waals surface area contributed by atoms with E-state index in [9.17, 15) is 9.18 Å². The summed E-state index contributed by atoms with van der Waals surface area (Å²) in [5.41, 5.74) is 6.29. The van der Waals surface area contributed by atoms with Gasteiger partial charge in [0.2, 0.25) is 11.4 Å². The van der Waals surface area contributed by atoms with Crippen LogP contribution in [0, 0.1) is 5.82 Å². The molecule has 0 radical (unpaired) electrons. The third-order valence-electron chi connectivity index (χ3n) is 2.95. The molecule has 2 heterocycles. The molecule has 21 heavy (non-hydrogen) atoms. The second kappa shape index (κ2) is 5.06. The van der Waals surface area contributed by atoms with E-state index in [0.29, 0.717) is 5.69 Å². The second-order valence-electron chi connectivity index (χ2n) is 4.30. The van der Waals surface area contributed by atoms with Crippen LogP contribution in [-0.2, 0) is 0 Å². The van der Waals surface area contributed by atoms with Gasteiger partial charge in [0.05, 0.1) is 16.3 Å². The number of aromatic nitrogens is 2. The predicted molar refractivity (Wildman–Crippen MR) is 77.4 cm³/mol. The van der Waals surface area contributed by atoms with Gasteiger partial charge in [-0.15, -0.1) is 0 Å². The third-order valence-corrected chi connectivity index (χ3v) is 3.27. The average Bonchev–Trinajstić information content (AvgIpc) is 2.81. The van der Waals surface area contributed by atoms with E-state index in [1.165, 1.54) is 24.3 Å². The van der Waals surface area contributed by atoms with E-state index in [-0.39, 0.29) is 33.3 Å². The summed E-state index contributed by atoms with van der Waals surface area (Å²) in [7, 11) is 0. The van der Waals surface area contributed by atoms with Crippen LogP contribution in [0.25, 0.3) is 22.5 Å². The zero-order valence-corrected chi connectivity index (χ0v) is 11.3. The van der Waals surface area contributed by atoms with Crippen molar-refractivity contribution in [1.82, 2.24) is 10.1 Å². The minimum atomic E-state index is -0.558. The molecule has 0 aliphatic rings. The maximum absolute atomic E-state index is 14.1. The van der Waals surface area contributed by atoms with Crippen LogP contribution in [0.4, 0.5) is 10.3 Å². The van der Waals surface area contributed by atoms with Gasteiger partial charge in [0.25, 0.3) is 0 Å². The Morgan fingerprint density at radius 3 is 2.67 bits per heavy atom. The molecule has 7 heteroatoms. The maximum Gasteiger partial charge on any atom is 0.248 e. The normalized spacial score (nSPS) is 10.8. The first-order valence-electron chi connectivity index (χ1n) is 5.97. The molecule has 2 aromatic heterocycles. The largest absolute Gasteiger partial charge is 0.367 e. The lowest BCUT2D eigenvalue weighted by Gasteiger charge is -2.06. The van der Waals surface area contributed by atoms with Gasteiger partial charge in [0.1, 0.15) is 11.5 Å². The van der Waals surface area contributed by atoms with E-state index in [1.807, 2.05) is 0 Å². The number of benzene rings is 1. The summed E-state index contributed by atoms with van der Waals surface area (Å²) in [4.78, 5) is 14.0. The summed E-state index contributed by atoms with van der Waals surface area (Å²) in [6.07, 6.45) is 0. The molecule has 3 N–H and O–H groups in total. The number of nitrogen functional groups attached to an aromatic ring is 1. The van der Waals surface area contributed by atoms with Crippen LogP contribution in [0.5, 0.6) is 0 Å². The maximum atomic E-state index is 14.1. The Kier molecular flexibility index (Phi) is 3.23. The molecular formula is C14H9ClFN3O2. The molecule has 0 aliphatic carbocycles. The lowest BCUT2D eigenvalue weighted by molar-refractivity contribution is 0.439. The lowest BCUT2D eigenvalue weighted by atomic mass is 10.0. The number of hydrogen-bond acceptors (Lipinski definition) is 4. The number of halogens is 2. The monoisotopic (exact) mass is 305 g/mol. The van der Waals surface area contributed by atoms with E-state index in [1.54, 1.807) is 12.1 Å². The van der Waals surface area contributed by atoms with Gasteiger partial charge in [-0.05, 0) is 18.2 Å². The van der Waals surface area contributed by atoms with Crippen molar-refractivity contribution in [3.8, 4) is 22.5 Å². The van der Waals surface area contributed by atoms with Gasteiger partial charge in [0, 0.05) is 11.6 Å². The number of nitrogens with zero attached hydrogens (tertiary/aromatic N) is 1. The van der Waals surface area contributed by atoms with Crippen LogP contribution in [0.1, 0.15) is 0 Å². The summed E-state index contributed by atoms with van der Waals surface area (Å²) in [6, 6.07) is 8.77. The van der Waals surface area contributed by atoms with E-state index in [2.05, 4.69) is 10.1 Å². The summed E-state index contributed by atoms with van der Waals surface area (Å²) in [5, 5.41) is 3.96. The van der Waals surface area contributed by atoms with Crippen molar-refractivity contribution >= 4 is 17.5 Å². The number of anilines is 1. The molecule has 0 fully saturated rings. The Morgan fingerprint density at radius 2 is 1.95 bits per heavy atom. The van der Waals surface area contributed by atoms with E-state index in [4.69, 9.17) is 21.9 Å². The fourth-order valence-electron chi connectivity index (χ4n) is 2.05. The number of hydrogen-bond donors (Lipinski definition) is 2. The highest BCUT2D eigenvalue weighted by Gasteiger charge is 2.23. The zero-order chi connectivity index (χ0) is 15.0. The molecule has 0 aliphatic heterocycles. The van der Waals surface area contributed by atoms with Gasteiger partial charge >= 0.3 is 0 Å². The number of rotatable bonds is 2. The molecule has 0 saturated heterocycles. The third kappa shape index (κ3) is 2.30. The van der Waals surface area contributed by atoms with Crippen molar-refractivity contribution in [2.75, 3.05) is 5.73 Å². The molecule has 106 valence electrons. The molecule has 0 atom stereocenters. The molecule has 0 bridgehead atoms. The van der Waals surface area contributed by atoms with Gasteiger partial charge in [-0.2, -0.15) is 0 Å². The van der Waals surface area contributed by atoms with E-state index >= 15 is 0 Å². The lowest BCUT2D eigenvalue weighted by Crippen LogP contribution is -2.04. The van der Waals surface area contributed by atoms with Crippen LogP contribution in [0.15, 0.2) is 45.7 Å². The van der Waals surface area contributed by atoms with Gasteiger partial charge in [0.15, 0.2) is 0 Å². The number of aromatic amines is 1. The van der Waals surface area contributed by atoms with Crippen LogP contribution in [0.2, 0.25) is 5.02 Å². The summed E-state index contributed by atoms with van der Waals surface area (Å²) in [6.45, 7) is 0. The second-order valence-corrected chi connectivity index (χ2v) is 4.70. The Balaban J connectivity index is 2.30. The quantitative estimate of drug-likeness (QED) is 0.762. The van der Waals surface area contributed by atoms with Crippen molar-refractivity contribution in [3.05, 3.63) is 57.6 Å². The van der Waals surface area contributed by atoms with Gasteiger partial charge in [-0.25, -0.2) is 4.39 Å². The molecule has 5 nitrogen and oxygen atoms in total. The topological polar surface area (TPSA) is 84.9 Å². The van der Waals surface area contributed by atoms with Gasteiger partial charge in [-0.1, -0.05) is 28.9 Å². The Hall–Kier alpha value is -2.60. The SMILES string of the molecule is Nc1onc(-c2cccc(=O)[nH]2)c1-c1c(F)cccc1Cl. The Labute approximate surface area is 123 Å². The van der Waals surface area contributed by atoms with Crippen molar-refractivity contribution in [2.45, 2.75) is 0 Å². The molecule has 0 unspecified atom stereocenters. The molecule has 1 aromatic carbocycles. The fourth-order valence-corrected chi connectivity index (χ4v) is 2.31. The molecule has 3 aromatic rings.